The summed E-state index contributed by atoms with van der Waals surface area (Å²) in [5, 5.41) is 11.7. The first-order valence-corrected chi connectivity index (χ1v) is 15.0. The summed E-state index contributed by atoms with van der Waals surface area (Å²) in [6.07, 6.45) is 4.40. The molecule has 8 heteroatoms. The maximum absolute atomic E-state index is 14.1. The molecule has 1 spiro atoms. The molecule has 3 fully saturated rings. The number of carbonyl (C=O) groups is 2. The number of furan rings is 1. The molecule has 1 atom stereocenters. The number of piperidine rings is 1. The van der Waals surface area contributed by atoms with E-state index in [1.165, 1.54) is 0 Å². The Labute approximate surface area is 240 Å². The highest BCUT2D eigenvalue weighted by atomic mass is 16.3. The SMILES string of the molecule is CC(C)C(O)N1CCC2(CC1)N=C(c1ccc(-c3ccc4occc4c3)cc1)N(CC1CN(C(=O)C3CC3)C1)C2=O. The zero-order chi connectivity index (χ0) is 28.3. The summed E-state index contributed by atoms with van der Waals surface area (Å²) < 4.78 is 5.49. The highest BCUT2D eigenvalue weighted by molar-refractivity contribution is 6.15. The largest absolute Gasteiger partial charge is 0.464 e. The second kappa shape index (κ2) is 10.1. The molecule has 0 radical (unpaired) electrons. The highest BCUT2D eigenvalue weighted by Gasteiger charge is 2.51. The van der Waals surface area contributed by atoms with Crippen LogP contribution in [0.2, 0.25) is 0 Å². The van der Waals surface area contributed by atoms with E-state index in [1.807, 2.05) is 35.8 Å². The van der Waals surface area contributed by atoms with Crippen LogP contribution in [0.5, 0.6) is 0 Å². The first-order valence-electron chi connectivity index (χ1n) is 15.0. The molecule has 4 aliphatic rings. The number of carbonyl (C=O) groups excluding carboxylic acids is 2. The molecule has 7 rings (SSSR count). The first-order chi connectivity index (χ1) is 19.8. The van der Waals surface area contributed by atoms with Crippen LogP contribution in [-0.4, -0.2) is 81.9 Å². The quantitative estimate of drug-likeness (QED) is 0.469. The molecule has 2 amide bonds. The lowest BCUT2D eigenvalue weighted by molar-refractivity contribution is -0.140. The standard InChI is InChI=1S/C33H38N4O4/c1-21(2)30(38)35-14-12-33(13-15-35)32(40)37(20-22-18-36(19-22)31(39)25-7-8-25)29(34-33)24-5-3-23(4-6-24)26-9-10-28-27(17-26)11-16-41-28/h3-6,9-11,16-17,21-22,25,30,38H,7-8,12-15,18-20H2,1-2H3. The van der Waals surface area contributed by atoms with Gasteiger partial charge in [-0.05, 0) is 60.9 Å². The van der Waals surface area contributed by atoms with E-state index in [9.17, 15) is 14.7 Å². The van der Waals surface area contributed by atoms with Gasteiger partial charge in [0.05, 0.1) is 6.26 Å². The van der Waals surface area contributed by atoms with Crippen molar-refractivity contribution in [2.45, 2.75) is 51.3 Å². The van der Waals surface area contributed by atoms with Crippen molar-refractivity contribution in [2.75, 3.05) is 32.7 Å². The number of amides is 2. The summed E-state index contributed by atoms with van der Waals surface area (Å²) in [6.45, 7) is 7.30. The maximum atomic E-state index is 14.1. The molecule has 1 N–H and O–H groups in total. The monoisotopic (exact) mass is 554 g/mol. The molecule has 1 saturated carbocycles. The third kappa shape index (κ3) is 4.77. The lowest BCUT2D eigenvalue weighted by Crippen LogP contribution is -2.57. The number of aliphatic imine (C=N–C) groups is 1. The number of hydrogen-bond acceptors (Lipinski definition) is 6. The number of rotatable bonds is 7. The molecule has 214 valence electrons. The van der Waals surface area contributed by atoms with Crippen LogP contribution in [-0.2, 0) is 9.59 Å². The van der Waals surface area contributed by atoms with Crippen LogP contribution in [0.1, 0.15) is 45.1 Å². The number of aliphatic hydroxyl groups is 1. The van der Waals surface area contributed by atoms with Crippen molar-refractivity contribution < 1.29 is 19.1 Å². The van der Waals surface area contributed by atoms with E-state index in [1.54, 1.807) is 6.26 Å². The van der Waals surface area contributed by atoms with Crippen LogP contribution >= 0.6 is 0 Å². The van der Waals surface area contributed by atoms with Gasteiger partial charge in [0.15, 0.2) is 0 Å². The van der Waals surface area contributed by atoms with E-state index in [-0.39, 0.29) is 29.6 Å². The van der Waals surface area contributed by atoms with Crippen LogP contribution < -0.4 is 0 Å². The van der Waals surface area contributed by atoms with Crippen molar-refractivity contribution in [3.8, 4) is 11.1 Å². The van der Waals surface area contributed by atoms with E-state index >= 15 is 0 Å². The molecule has 2 aromatic carbocycles. The first kappa shape index (κ1) is 26.4. The Kier molecular flexibility index (Phi) is 6.51. The fourth-order valence-corrected chi connectivity index (χ4v) is 6.62. The van der Waals surface area contributed by atoms with Gasteiger partial charge in [-0.25, -0.2) is 0 Å². The summed E-state index contributed by atoms with van der Waals surface area (Å²) in [4.78, 5) is 37.7. The normalized spacial score (nSPS) is 22.0. The minimum Gasteiger partial charge on any atom is -0.464 e. The fraction of sp³-hybridized carbons (Fsp3) is 0.485. The van der Waals surface area contributed by atoms with Crippen LogP contribution in [0.4, 0.5) is 0 Å². The number of hydrogen-bond donors (Lipinski definition) is 1. The molecular weight excluding hydrogens is 516 g/mol. The molecule has 41 heavy (non-hydrogen) atoms. The number of nitrogens with zero attached hydrogens (tertiary/aromatic N) is 4. The Morgan fingerprint density at radius 1 is 1.02 bits per heavy atom. The van der Waals surface area contributed by atoms with Gasteiger partial charge in [-0.2, -0.15) is 0 Å². The van der Waals surface area contributed by atoms with Crippen LogP contribution in [0.3, 0.4) is 0 Å². The van der Waals surface area contributed by atoms with Crippen molar-refractivity contribution in [1.82, 2.24) is 14.7 Å². The third-order valence-corrected chi connectivity index (χ3v) is 9.38. The van der Waals surface area contributed by atoms with Crippen molar-refractivity contribution in [1.29, 1.82) is 0 Å². The summed E-state index contributed by atoms with van der Waals surface area (Å²) in [6, 6.07) is 16.4. The fourth-order valence-electron chi connectivity index (χ4n) is 6.62. The van der Waals surface area contributed by atoms with E-state index in [4.69, 9.17) is 9.41 Å². The summed E-state index contributed by atoms with van der Waals surface area (Å²) in [5.41, 5.74) is 3.20. The summed E-state index contributed by atoms with van der Waals surface area (Å²) in [7, 11) is 0. The second-order valence-electron chi connectivity index (χ2n) is 12.7. The molecule has 2 saturated heterocycles. The Morgan fingerprint density at radius 3 is 2.39 bits per heavy atom. The van der Waals surface area contributed by atoms with Gasteiger partial charge in [0, 0.05) is 55.5 Å². The Balaban J connectivity index is 1.13. The zero-order valence-corrected chi connectivity index (χ0v) is 23.8. The van der Waals surface area contributed by atoms with Gasteiger partial charge in [-0.15, -0.1) is 0 Å². The van der Waals surface area contributed by atoms with Gasteiger partial charge in [-0.1, -0.05) is 44.2 Å². The minimum absolute atomic E-state index is 0.0626. The average Bonchev–Trinajstić information content (AvgIpc) is 3.66. The second-order valence-corrected chi connectivity index (χ2v) is 12.7. The Morgan fingerprint density at radius 2 is 1.71 bits per heavy atom. The molecule has 3 aromatic rings. The number of likely N-dealkylation sites (tertiary alicyclic amines) is 2. The lowest BCUT2D eigenvalue weighted by Gasteiger charge is -2.42. The van der Waals surface area contributed by atoms with Crippen molar-refractivity contribution in [2.24, 2.45) is 22.7 Å². The zero-order valence-electron chi connectivity index (χ0n) is 23.8. The molecule has 1 unspecified atom stereocenters. The number of aliphatic hydroxyl groups excluding tert-OH is 1. The number of fused-ring (bicyclic) bond motifs is 1. The van der Waals surface area contributed by atoms with Gasteiger partial charge in [0.2, 0.25) is 5.91 Å². The Hall–Kier alpha value is -3.49. The smallest absolute Gasteiger partial charge is 0.256 e. The van der Waals surface area contributed by atoms with Gasteiger partial charge in [0.25, 0.3) is 5.91 Å². The molecule has 3 aliphatic heterocycles. The van der Waals surface area contributed by atoms with Crippen molar-refractivity contribution in [3.05, 3.63) is 60.4 Å². The van der Waals surface area contributed by atoms with Crippen molar-refractivity contribution in [3.63, 3.8) is 0 Å². The maximum Gasteiger partial charge on any atom is 0.256 e. The molecule has 0 bridgehead atoms. The molecular formula is C33H38N4O4. The number of benzene rings is 2. The predicted octanol–water partition coefficient (Wildman–Crippen LogP) is 4.37. The average molecular weight is 555 g/mol. The van der Waals surface area contributed by atoms with Gasteiger partial charge < -0.3 is 14.4 Å². The van der Waals surface area contributed by atoms with E-state index in [0.717, 1.165) is 46.3 Å². The molecule has 1 aliphatic carbocycles. The van der Waals surface area contributed by atoms with E-state index in [2.05, 4.69) is 41.3 Å². The van der Waals surface area contributed by atoms with E-state index < -0.39 is 11.8 Å². The van der Waals surface area contributed by atoms with Crippen molar-refractivity contribution >= 4 is 28.6 Å². The van der Waals surface area contributed by atoms with Gasteiger partial charge in [-0.3, -0.25) is 24.4 Å². The van der Waals surface area contributed by atoms with E-state index in [0.29, 0.717) is 45.6 Å². The van der Waals surface area contributed by atoms with Crippen LogP contribution in [0.15, 0.2) is 64.2 Å². The number of amidine groups is 1. The predicted molar refractivity (Wildman–Crippen MR) is 157 cm³/mol. The highest BCUT2D eigenvalue weighted by Crippen LogP contribution is 2.38. The lowest BCUT2D eigenvalue weighted by atomic mass is 9.86. The summed E-state index contributed by atoms with van der Waals surface area (Å²) in [5.74, 6) is 1.69. The van der Waals surface area contributed by atoms with Gasteiger partial charge >= 0.3 is 0 Å². The molecule has 8 nitrogen and oxygen atoms in total. The molecule has 4 heterocycles. The third-order valence-electron chi connectivity index (χ3n) is 9.38. The van der Waals surface area contributed by atoms with Crippen LogP contribution in [0, 0.1) is 17.8 Å². The molecule has 1 aromatic heterocycles. The Bertz CT molecular complexity index is 1490. The topological polar surface area (TPSA) is 89.6 Å². The van der Waals surface area contributed by atoms with Crippen LogP contribution in [0.25, 0.3) is 22.1 Å². The van der Waals surface area contributed by atoms with Gasteiger partial charge in [0.1, 0.15) is 23.2 Å². The summed E-state index contributed by atoms with van der Waals surface area (Å²) >= 11 is 0. The minimum atomic E-state index is -0.791.